The quantitative estimate of drug-likeness (QED) is 0.667. The van der Waals surface area contributed by atoms with Crippen LogP contribution in [0.3, 0.4) is 0 Å². The van der Waals surface area contributed by atoms with Gasteiger partial charge in [0.05, 0.1) is 5.60 Å². The minimum Gasteiger partial charge on any atom is -0.378 e. The maximum absolute atomic E-state index is 11.4. The summed E-state index contributed by atoms with van der Waals surface area (Å²) < 4.78 is 6.09. The number of aldehydes is 1. The Morgan fingerprint density at radius 2 is 1.90 bits per heavy atom. The predicted octanol–water partition coefficient (Wildman–Crippen LogP) is 5.00. The van der Waals surface area contributed by atoms with Gasteiger partial charge in [-0.15, -0.1) is 0 Å². The van der Waals surface area contributed by atoms with Gasteiger partial charge in [-0.2, -0.15) is 0 Å². The number of ether oxygens (including phenoxy) is 1. The number of hydrogen-bond acceptors (Lipinski definition) is 2. The highest BCUT2D eigenvalue weighted by Gasteiger charge is 2.62. The Morgan fingerprint density at radius 1 is 1.19 bits per heavy atom. The molecule has 0 radical (unpaired) electrons. The Morgan fingerprint density at radius 3 is 2.43 bits per heavy atom. The molecule has 0 saturated heterocycles. The lowest BCUT2D eigenvalue weighted by molar-refractivity contribution is -0.216. The van der Waals surface area contributed by atoms with Crippen LogP contribution in [0.1, 0.15) is 79.1 Å². The highest BCUT2D eigenvalue weighted by Crippen LogP contribution is 2.66. The van der Waals surface area contributed by atoms with Crippen LogP contribution in [0.4, 0.5) is 0 Å². The summed E-state index contributed by atoms with van der Waals surface area (Å²) in [5, 5.41) is 0. The molecule has 2 heteroatoms. The van der Waals surface area contributed by atoms with E-state index in [0.29, 0.717) is 11.8 Å². The normalized spacial score (nSPS) is 46.9. The minimum absolute atomic E-state index is 0.0203. The predicted molar refractivity (Wildman–Crippen MR) is 87.3 cm³/mol. The number of hydrogen-bond donors (Lipinski definition) is 0. The highest BCUT2D eigenvalue weighted by atomic mass is 16.5. The summed E-state index contributed by atoms with van der Waals surface area (Å²) in [7, 11) is 1.89. The SMILES string of the molecule is CC[C@@H]1CC[C@]2(CC)[C@H](CCC[C@@]2(C)OC)[C@@]1(C)CC=O. The zero-order valence-corrected chi connectivity index (χ0v) is 14.7. The molecule has 0 aliphatic heterocycles. The minimum atomic E-state index is -0.0203. The molecular formula is C19H34O2. The molecule has 0 bridgehead atoms. The van der Waals surface area contributed by atoms with Gasteiger partial charge in [-0.05, 0) is 56.3 Å². The number of fused-ring (bicyclic) bond motifs is 1. The Bertz CT molecular complexity index is 380. The summed E-state index contributed by atoms with van der Waals surface area (Å²) in [6.45, 7) is 9.36. The third kappa shape index (κ3) is 2.29. The molecule has 0 heterocycles. The van der Waals surface area contributed by atoms with E-state index in [1.807, 2.05) is 7.11 Å². The number of carbonyl (C=O) groups excluding carboxylic acids is 1. The van der Waals surface area contributed by atoms with E-state index in [9.17, 15) is 4.79 Å². The lowest BCUT2D eigenvalue weighted by Gasteiger charge is -2.65. The molecule has 122 valence electrons. The number of rotatable bonds is 5. The third-order valence-electron chi connectivity index (χ3n) is 7.63. The molecule has 0 amide bonds. The first-order valence-electron chi connectivity index (χ1n) is 8.93. The van der Waals surface area contributed by atoms with Crippen LogP contribution in [0, 0.1) is 22.7 Å². The van der Waals surface area contributed by atoms with E-state index in [-0.39, 0.29) is 16.4 Å². The van der Waals surface area contributed by atoms with Gasteiger partial charge in [0.25, 0.3) is 0 Å². The van der Waals surface area contributed by atoms with Gasteiger partial charge in [-0.1, -0.05) is 33.6 Å². The molecule has 2 aliphatic rings. The van der Waals surface area contributed by atoms with Crippen LogP contribution in [0.25, 0.3) is 0 Å². The van der Waals surface area contributed by atoms with Gasteiger partial charge in [0.2, 0.25) is 0 Å². The van der Waals surface area contributed by atoms with Crippen molar-refractivity contribution in [3.8, 4) is 0 Å². The Balaban J connectivity index is 2.49. The van der Waals surface area contributed by atoms with E-state index in [4.69, 9.17) is 4.74 Å². The van der Waals surface area contributed by atoms with Gasteiger partial charge in [0, 0.05) is 18.9 Å². The first-order chi connectivity index (χ1) is 9.94. The van der Waals surface area contributed by atoms with Crippen molar-refractivity contribution >= 4 is 6.29 Å². The molecule has 0 unspecified atom stereocenters. The average molecular weight is 294 g/mol. The Hall–Kier alpha value is -0.370. The summed E-state index contributed by atoms with van der Waals surface area (Å²) in [6, 6.07) is 0. The molecule has 2 nitrogen and oxygen atoms in total. The highest BCUT2D eigenvalue weighted by molar-refractivity contribution is 5.51. The summed E-state index contributed by atoms with van der Waals surface area (Å²) in [5.41, 5.74) is 0.391. The molecule has 2 rings (SSSR count). The van der Waals surface area contributed by atoms with Crippen molar-refractivity contribution in [1.29, 1.82) is 0 Å². The van der Waals surface area contributed by atoms with Crippen LogP contribution in [0.15, 0.2) is 0 Å². The molecule has 2 aliphatic carbocycles. The van der Waals surface area contributed by atoms with Gasteiger partial charge < -0.3 is 9.53 Å². The summed E-state index contributed by atoms with van der Waals surface area (Å²) in [4.78, 5) is 11.4. The van der Waals surface area contributed by atoms with Crippen molar-refractivity contribution in [3.63, 3.8) is 0 Å². The smallest absolute Gasteiger partial charge is 0.120 e. The monoisotopic (exact) mass is 294 g/mol. The molecule has 0 aromatic rings. The summed E-state index contributed by atoms with van der Waals surface area (Å²) in [6.07, 6.45) is 10.5. The van der Waals surface area contributed by atoms with Crippen molar-refractivity contribution in [1.82, 2.24) is 0 Å². The third-order valence-corrected chi connectivity index (χ3v) is 7.63. The maximum atomic E-state index is 11.4. The Labute approximate surface area is 131 Å². The number of methoxy groups -OCH3 is 1. The van der Waals surface area contributed by atoms with Crippen LogP contribution in [0.2, 0.25) is 0 Å². The molecule has 0 spiro atoms. The van der Waals surface area contributed by atoms with Crippen LogP contribution in [-0.4, -0.2) is 19.0 Å². The van der Waals surface area contributed by atoms with Crippen molar-refractivity contribution in [2.75, 3.05) is 7.11 Å². The molecular weight excluding hydrogens is 260 g/mol. The fourth-order valence-electron chi connectivity index (χ4n) is 6.24. The van der Waals surface area contributed by atoms with Crippen LogP contribution in [0.5, 0.6) is 0 Å². The first-order valence-corrected chi connectivity index (χ1v) is 8.93. The molecule has 0 aromatic carbocycles. The van der Waals surface area contributed by atoms with E-state index in [2.05, 4.69) is 27.7 Å². The zero-order valence-electron chi connectivity index (χ0n) is 14.7. The van der Waals surface area contributed by atoms with Gasteiger partial charge in [-0.25, -0.2) is 0 Å². The van der Waals surface area contributed by atoms with Gasteiger partial charge in [0.15, 0.2) is 0 Å². The fourth-order valence-corrected chi connectivity index (χ4v) is 6.24. The Kier molecular flexibility index (Phi) is 4.87. The average Bonchev–Trinajstić information content (AvgIpc) is 2.48. The van der Waals surface area contributed by atoms with Crippen molar-refractivity contribution in [2.24, 2.45) is 22.7 Å². The largest absolute Gasteiger partial charge is 0.378 e. The van der Waals surface area contributed by atoms with Crippen molar-refractivity contribution in [2.45, 2.75) is 84.7 Å². The molecule has 2 fully saturated rings. The lowest BCUT2D eigenvalue weighted by atomic mass is 9.42. The lowest BCUT2D eigenvalue weighted by Crippen LogP contribution is -2.62. The van der Waals surface area contributed by atoms with Gasteiger partial charge in [0.1, 0.15) is 6.29 Å². The topological polar surface area (TPSA) is 26.3 Å². The van der Waals surface area contributed by atoms with E-state index in [0.717, 1.165) is 6.42 Å². The van der Waals surface area contributed by atoms with Crippen LogP contribution >= 0.6 is 0 Å². The first kappa shape index (κ1) is 17.0. The van der Waals surface area contributed by atoms with Crippen LogP contribution in [-0.2, 0) is 9.53 Å². The standard InChI is InChI=1S/C19H34O2/c1-6-15-10-12-19(7-2)16(17(15,3)13-14-20)9-8-11-18(19,4)21-5/h14-16H,6-13H2,1-5H3/t15-,16-,17+,18-,19-/m1/s1. The van der Waals surface area contributed by atoms with E-state index >= 15 is 0 Å². The van der Waals surface area contributed by atoms with Crippen LogP contribution < -0.4 is 0 Å². The van der Waals surface area contributed by atoms with Gasteiger partial charge >= 0.3 is 0 Å². The van der Waals surface area contributed by atoms with Crippen molar-refractivity contribution in [3.05, 3.63) is 0 Å². The molecule has 0 aromatic heterocycles. The second-order valence-corrected chi connectivity index (χ2v) is 7.91. The second-order valence-electron chi connectivity index (χ2n) is 7.91. The van der Waals surface area contributed by atoms with Gasteiger partial charge in [-0.3, -0.25) is 0 Å². The molecule has 21 heavy (non-hydrogen) atoms. The second kappa shape index (κ2) is 6.02. The molecule has 0 N–H and O–H groups in total. The maximum Gasteiger partial charge on any atom is 0.120 e. The summed E-state index contributed by atoms with van der Waals surface area (Å²) in [5.74, 6) is 1.31. The van der Waals surface area contributed by atoms with E-state index in [1.54, 1.807) is 0 Å². The zero-order chi connectivity index (χ0) is 15.7. The van der Waals surface area contributed by atoms with E-state index < -0.39 is 0 Å². The fraction of sp³-hybridized carbons (Fsp3) is 0.947. The molecule has 5 atom stereocenters. The molecule has 2 saturated carbocycles. The van der Waals surface area contributed by atoms with E-state index in [1.165, 1.54) is 51.2 Å². The number of carbonyl (C=O) groups is 1. The summed E-state index contributed by atoms with van der Waals surface area (Å²) >= 11 is 0. The van der Waals surface area contributed by atoms with Crippen molar-refractivity contribution < 1.29 is 9.53 Å².